The highest BCUT2D eigenvalue weighted by atomic mass is 35.5. The van der Waals surface area contributed by atoms with Crippen LogP contribution in [0, 0.1) is 0 Å². The SMILES string of the molecule is CC(C)Nc1nc(N)c(C(=O)N/C(N)=N\C(=O)n2ccnc2)nc1Cl. The lowest BCUT2D eigenvalue weighted by Gasteiger charge is -2.12. The van der Waals surface area contributed by atoms with Crippen molar-refractivity contribution in [3.63, 3.8) is 0 Å². The van der Waals surface area contributed by atoms with E-state index in [4.69, 9.17) is 23.1 Å². The molecule has 2 amide bonds. The van der Waals surface area contributed by atoms with Gasteiger partial charge in [0.2, 0.25) is 5.96 Å². The van der Waals surface area contributed by atoms with Gasteiger partial charge in [-0.25, -0.2) is 19.7 Å². The minimum atomic E-state index is -0.803. The highest BCUT2D eigenvalue weighted by Crippen LogP contribution is 2.21. The van der Waals surface area contributed by atoms with E-state index in [0.29, 0.717) is 0 Å². The highest BCUT2D eigenvalue weighted by Gasteiger charge is 2.18. The Morgan fingerprint density at radius 2 is 2.08 bits per heavy atom. The number of nitrogens with two attached hydrogens (primary N) is 2. The van der Waals surface area contributed by atoms with Gasteiger partial charge in [0.15, 0.2) is 22.5 Å². The Labute approximate surface area is 147 Å². The number of hydrogen-bond acceptors (Lipinski definition) is 7. The molecule has 0 radical (unpaired) electrons. The van der Waals surface area contributed by atoms with E-state index in [1.807, 2.05) is 13.8 Å². The fourth-order valence-corrected chi connectivity index (χ4v) is 1.88. The molecular formula is C13H16ClN9O2. The summed E-state index contributed by atoms with van der Waals surface area (Å²) in [5, 5.41) is 5.10. The zero-order valence-corrected chi connectivity index (χ0v) is 14.2. The summed E-state index contributed by atoms with van der Waals surface area (Å²) in [4.78, 5) is 39.0. The van der Waals surface area contributed by atoms with Crippen molar-refractivity contribution >= 4 is 41.1 Å². The van der Waals surface area contributed by atoms with Crippen molar-refractivity contribution in [3.05, 3.63) is 29.6 Å². The lowest BCUT2D eigenvalue weighted by molar-refractivity contribution is 0.0972. The number of aromatic nitrogens is 4. The molecule has 0 aliphatic heterocycles. The number of nitrogens with one attached hydrogen (secondary N) is 2. The van der Waals surface area contributed by atoms with Crippen LogP contribution in [0.3, 0.4) is 0 Å². The number of nitrogens with zero attached hydrogens (tertiary/aromatic N) is 5. The number of imidazole rings is 1. The molecule has 6 N–H and O–H groups in total. The average Bonchev–Trinajstić information content (AvgIpc) is 3.04. The van der Waals surface area contributed by atoms with Crippen molar-refractivity contribution in [2.45, 2.75) is 19.9 Å². The predicted octanol–water partition coefficient (Wildman–Crippen LogP) is 0.442. The second kappa shape index (κ2) is 7.57. The van der Waals surface area contributed by atoms with Gasteiger partial charge in [0.05, 0.1) is 0 Å². The first-order valence-corrected chi connectivity index (χ1v) is 7.43. The van der Waals surface area contributed by atoms with E-state index in [-0.39, 0.29) is 28.5 Å². The largest absolute Gasteiger partial charge is 0.382 e. The lowest BCUT2D eigenvalue weighted by Crippen LogP contribution is -2.38. The van der Waals surface area contributed by atoms with Crippen LogP contribution in [0.5, 0.6) is 0 Å². The van der Waals surface area contributed by atoms with E-state index in [9.17, 15) is 9.59 Å². The van der Waals surface area contributed by atoms with Gasteiger partial charge in [-0.15, -0.1) is 0 Å². The Kier molecular flexibility index (Phi) is 5.49. The number of amides is 2. The monoisotopic (exact) mass is 365 g/mol. The van der Waals surface area contributed by atoms with Crippen molar-refractivity contribution in [2.75, 3.05) is 11.1 Å². The fourth-order valence-electron chi connectivity index (χ4n) is 1.70. The van der Waals surface area contributed by atoms with Crippen LogP contribution in [0.25, 0.3) is 0 Å². The number of nitrogen functional groups attached to an aromatic ring is 1. The number of hydrogen-bond donors (Lipinski definition) is 4. The summed E-state index contributed by atoms with van der Waals surface area (Å²) in [6.45, 7) is 3.76. The predicted molar refractivity (Wildman–Crippen MR) is 92.3 cm³/mol. The minimum absolute atomic E-state index is 0.0296. The Bertz CT molecular complexity index is 817. The molecule has 0 aliphatic rings. The van der Waals surface area contributed by atoms with Gasteiger partial charge < -0.3 is 16.8 Å². The number of carbonyl (C=O) groups is 2. The average molecular weight is 366 g/mol. The standard InChI is InChI=1S/C13H16ClN9O2/c1-6(2)18-10-8(14)19-7(9(15)20-10)11(24)21-12(16)22-13(25)23-4-3-17-5-23/h3-6H,1-2H3,(H3,15,18,20)(H3,16,21,22,24,25). The van der Waals surface area contributed by atoms with Crippen molar-refractivity contribution in [2.24, 2.45) is 10.7 Å². The summed E-state index contributed by atoms with van der Waals surface area (Å²) in [5.74, 6) is -1.14. The van der Waals surface area contributed by atoms with E-state index < -0.39 is 17.9 Å². The number of aliphatic imine (C=N–C) groups is 1. The number of carbonyl (C=O) groups excluding carboxylic acids is 2. The molecule has 0 bridgehead atoms. The number of guanidine groups is 1. The first-order valence-electron chi connectivity index (χ1n) is 7.05. The quantitative estimate of drug-likeness (QED) is 0.449. The smallest absolute Gasteiger partial charge is 0.356 e. The molecule has 2 aromatic rings. The number of anilines is 2. The molecule has 0 saturated heterocycles. The summed E-state index contributed by atoms with van der Waals surface area (Å²) in [7, 11) is 0. The maximum Gasteiger partial charge on any atom is 0.356 e. The van der Waals surface area contributed by atoms with Crippen LogP contribution in [0.2, 0.25) is 5.15 Å². The molecule has 0 aliphatic carbocycles. The second-order valence-corrected chi connectivity index (χ2v) is 5.46. The van der Waals surface area contributed by atoms with Gasteiger partial charge in [-0.2, -0.15) is 4.99 Å². The third-order valence-corrected chi connectivity index (χ3v) is 2.97. The fraction of sp³-hybridized carbons (Fsp3) is 0.231. The number of rotatable bonds is 3. The molecule has 11 nitrogen and oxygen atoms in total. The van der Waals surface area contributed by atoms with E-state index in [2.05, 4.69) is 30.6 Å². The molecule has 0 spiro atoms. The van der Waals surface area contributed by atoms with Crippen LogP contribution in [0.1, 0.15) is 24.3 Å². The topological polar surface area (TPSA) is 166 Å². The van der Waals surface area contributed by atoms with Crippen molar-refractivity contribution < 1.29 is 9.59 Å². The van der Waals surface area contributed by atoms with Gasteiger partial charge in [-0.1, -0.05) is 11.6 Å². The Hall–Kier alpha value is -3.21. The number of halogens is 1. The van der Waals surface area contributed by atoms with Crippen LogP contribution < -0.4 is 22.1 Å². The third kappa shape index (κ3) is 4.64. The summed E-state index contributed by atoms with van der Waals surface area (Å²) in [5.41, 5.74) is 11.0. The molecule has 0 atom stereocenters. The van der Waals surface area contributed by atoms with Crippen LogP contribution in [-0.2, 0) is 0 Å². The molecule has 2 rings (SSSR count). The molecule has 12 heteroatoms. The molecular weight excluding hydrogens is 350 g/mol. The molecule has 0 saturated carbocycles. The Morgan fingerprint density at radius 3 is 2.68 bits per heavy atom. The molecule has 2 aromatic heterocycles. The first-order chi connectivity index (χ1) is 11.8. The first kappa shape index (κ1) is 18.1. The zero-order valence-electron chi connectivity index (χ0n) is 13.4. The second-order valence-electron chi connectivity index (χ2n) is 5.10. The maximum atomic E-state index is 12.2. The molecule has 25 heavy (non-hydrogen) atoms. The molecule has 2 heterocycles. The summed E-state index contributed by atoms with van der Waals surface area (Å²) in [6.07, 6.45) is 4.02. The van der Waals surface area contributed by atoms with Gasteiger partial charge in [0, 0.05) is 18.4 Å². The van der Waals surface area contributed by atoms with E-state index in [0.717, 1.165) is 4.57 Å². The van der Waals surface area contributed by atoms with Crippen molar-refractivity contribution in [1.82, 2.24) is 24.8 Å². The van der Waals surface area contributed by atoms with Gasteiger partial charge >= 0.3 is 6.03 Å². The molecule has 0 aromatic carbocycles. The van der Waals surface area contributed by atoms with Crippen molar-refractivity contribution in [3.8, 4) is 0 Å². The highest BCUT2D eigenvalue weighted by molar-refractivity contribution is 6.32. The zero-order chi connectivity index (χ0) is 18.6. The van der Waals surface area contributed by atoms with Crippen LogP contribution >= 0.6 is 11.6 Å². The van der Waals surface area contributed by atoms with E-state index in [1.54, 1.807) is 0 Å². The van der Waals surface area contributed by atoms with Gasteiger partial charge in [-0.05, 0) is 13.8 Å². The minimum Gasteiger partial charge on any atom is -0.382 e. The molecule has 0 fully saturated rings. The molecule has 0 unspecified atom stereocenters. The van der Waals surface area contributed by atoms with Crippen LogP contribution in [0.15, 0.2) is 23.7 Å². The van der Waals surface area contributed by atoms with Gasteiger partial charge in [0.25, 0.3) is 5.91 Å². The summed E-state index contributed by atoms with van der Waals surface area (Å²) in [6, 6.07) is -0.688. The van der Waals surface area contributed by atoms with Gasteiger partial charge in [0.1, 0.15) is 6.33 Å². The van der Waals surface area contributed by atoms with E-state index >= 15 is 0 Å². The molecule has 132 valence electrons. The van der Waals surface area contributed by atoms with Crippen LogP contribution in [0.4, 0.5) is 16.4 Å². The van der Waals surface area contributed by atoms with Crippen molar-refractivity contribution in [1.29, 1.82) is 0 Å². The Balaban J connectivity index is 2.15. The maximum absolute atomic E-state index is 12.2. The summed E-state index contributed by atoms with van der Waals surface area (Å²) < 4.78 is 1.08. The lowest BCUT2D eigenvalue weighted by atomic mass is 10.3. The van der Waals surface area contributed by atoms with E-state index in [1.165, 1.54) is 18.7 Å². The van der Waals surface area contributed by atoms with Gasteiger partial charge in [-0.3, -0.25) is 14.7 Å². The Morgan fingerprint density at radius 1 is 1.36 bits per heavy atom. The van der Waals surface area contributed by atoms with Crippen LogP contribution in [-0.4, -0.2) is 43.5 Å². The normalized spacial score (nSPS) is 11.4. The summed E-state index contributed by atoms with van der Waals surface area (Å²) >= 11 is 5.98. The third-order valence-electron chi connectivity index (χ3n) is 2.70.